The Morgan fingerprint density at radius 3 is 2.48 bits per heavy atom. The van der Waals surface area contributed by atoms with Crippen LogP contribution in [0.15, 0.2) is 71.8 Å². The first-order valence-electron chi connectivity index (χ1n) is 10.6. The maximum Gasteiger partial charge on any atom is 0.214 e. The van der Waals surface area contributed by atoms with Gasteiger partial charge in [0, 0.05) is 17.5 Å². The molecule has 2 aliphatic rings. The third kappa shape index (κ3) is 3.40. The fraction of sp³-hybridized carbons (Fsp3) is 0.269. The van der Waals surface area contributed by atoms with Gasteiger partial charge in [-0.3, -0.25) is 0 Å². The van der Waals surface area contributed by atoms with E-state index in [1.807, 2.05) is 30.3 Å². The molecule has 0 bridgehead atoms. The summed E-state index contributed by atoms with van der Waals surface area (Å²) in [6, 6.07) is 23.0. The lowest BCUT2D eigenvalue weighted by Gasteiger charge is -2.38. The van der Waals surface area contributed by atoms with E-state index in [4.69, 9.17) is 19.3 Å². The molecular weight excluding hydrogens is 388 g/mol. The van der Waals surface area contributed by atoms with Gasteiger partial charge in [0.1, 0.15) is 5.75 Å². The molecule has 0 saturated carbocycles. The Bertz CT molecular complexity index is 1120. The van der Waals surface area contributed by atoms with Crippen molar-refractivity contribution in [2.45, 2.75) is 32.0 Å². The zero-order valence-electron chi connectivity index (χ0n) is 18.0. The van der Waals surface area contributed by atoms with Crippen molar-refractivity contribution in [3.05, 3.63) is 89.0 Å². The lowest BCUT2D eigenvalue weighted by atomic mass is 9.95. The molecule has 2 atom stereocenters. The van der Waals surface area contributed by atoms with Crippen LogP contribution in [0, 0.1) is 0 Å². The molecule has 5 rings (SSSR count). The first kappa shape index (κ1) is 19.5. The van der Waals surface area contributed by atoms with E-state index in [-0.39, 0.29) is 12.3 Å². The van der Waals surface area contributed by atoms with Crippen molar-refractivity contribution in [2.75, 3.05) is 14.2 Å². The molecule has 0 N–H and O–H groups in total. The van der Waals surface area contributed by atoms with E-state index >= 15 is 0 Å². The summed E-state index contributed by atoms with van der Waals surface area (Å²) in [5.74, 6) is 2.28. The average Bonchev–Trinajstić information content (AvgIpc) is 3.29. The highest BCUT2D eigenvalue weighted by Crippen LogP contribution is 2.48. The third-order valence-electron chi connectivity index (χ3n) is 6.09. The number of ether oxygens (including phenoxy) is 3. The number of aryl methyl sites for hydroxylation is 1. The van der Waals surface area contributed by atoms with Gasteiger partial charge in [-0.2, -0.15) is 5.10 Å². The summed E-state index contributed by atoms with van der Waals surface area (Å²) in [4.78, 5) is 0. The van der Waals surface area contributed by atoms with E-state index in [1.54, 1.807) is 14.2 Å². The molecule has 0 fully saturated rings. The van der Waals surface area contributed by atoms with Gasteiger partial charge >= 0.3 is 0 Å². The summed E-state index contributed by atoms with van der Waals surface area (Å²) in [6.45, 7) is 2.17. The molecule has 0 spiro atoms. The fourth-order valence-electron chi connectivity index (χ4n) is 4.37. The van der Waals surface area contributed by atoms with Gasteiger partial charge in [0.05, 0.1) is 26.0 Å². The Kier molecular flexibility index (Phi) is 5.02. The summed E-state index contributed by atoms with van der Waals surface area (Å²) >= 11 is 0. The molecule has 2 aliphatic heterocycles. The van der Waals surface area contributed by atoms with Crippen LogP contribution < -0.4 is 14.2 Å². The van der Waals surface area contributed by atoms with E-state index < -0.39 is 0 Å². The van der Waals surface area contributed by atoms with Crippen LogP contribution in [0.5, 0.6) is 17.2 Å². The van der Waals surface area contributed by atoms with Gasteiger partial charge in [-0.05, 0) is 41.8 Å². The summed E-state index contributed by atoms with van der Waals surface area (Å²) in [6.07, 6.45) is 1.53. The van der Waals surface area contributed by atoms with Gasteiger partial charge in [-0.15, -0.1) is 0 Å². The molecule has 5 heteroatoms. The quantitative estimate of drug-likeness (QED) is 0.552. The molecule has 31 heavy (non-hydrogen) atoms. The molecule has 0 amide bonds. The standard InChI is InChI=1S/C26H26N2O3/c1-4-17-9-11-18(12-10-17)21-16-22-20-7-5-6-8-23(20)31-26(28(22)27-21)19-13-14-24(29-2)25(15-19)30-3/h5-15,22,26H,4,16H2,1-3H3/t22-,26+/m0/s1. The summed E-state index contributed by atoms with van der Waals surface area (Å²) in [7, 11) is 3.29. The van der Waals surface area contributed by atoms with Gasteiger partial charge in [-0.1, -0.05) is 49.4 Å². The Balaban J connectivity index is 1.56. The number of rotatable bonds is 5. The Labute approximate surface area is 182 Å². The largest absolute Gasteiger partial charge is 0.493 e. The number of hydrogen-bond donors (Lipinski definition) is 0. The van der Waals surface area contributed by atoms with E-state index in [0.29, 0.717) is 11.5 Å². The second-order valence-corrected chi connectivity index (χ2v) is 7.82. The molecule has 0 aromatic heterocycles. The van der Waals surface area contributed by atoms with Crippen molar-refractivity contribution in [3.63, 3.8) is 0 Å². The van der Waals surface area contributed by atoms with Crippen LogP contribution in [0.4, 0.5) is 0 Å². The molecule has 5 nitrogen and oxygen atoms in total. The molecule has 3 aromatic carbocycles. The lowest BCUT2D eigenvalue weighted by molar-refractivity contribution is -0.0191. The number of hydrazone groups is 1. The molecule has 0 radical (unpaired) electrons. The van der Waals surface area contributed by atoms with Crippen LogP contribution >= 0.6 is 0 Å². The molecular formula is C26H26N2O3. The van der Waals surface area contributed by atoms with Gasteiger partial charge < -0.3 is 14.2 Å². The minimum absolute atomic E-state index is 0.129. The van der Waals surface area contributed by atoms with Gasteiger partial charge in [0.15, 0.2) is 11.5 Å². The zero-order valence-corrected chi connectivity index (χ0v) is 18.0. The highest BCUT2D eigenvalue weighted by molar-refractivity contribution is 6.02. The SMILES string of the molecule is CCc1ccc(C2=NN3[C@@H](c4ccc(OC)c(OC)c4)Oc4ccccc4[C@@H]3C2)cc1. The Hall–Kier alpha value is -3.47. The fourth-order valence-corrected chi connectivity index (χ4v) is 4.37. The van der Waals surface area contributed by atoms with Gasteiger partial charge in [-0.25, -0.2) is 5.01 Å². The van der Waals surface area contributed by atoms with Crippen LogP contribution in [0.3, 0.4) is 0 Å². The molecule has 0 aliphatic carbocycles. The summed E-state index contributed by atoms with van der Waals surface area (Å²) in [5, 5.41) is 7.13. The van der Waals surface area contributed by atoms with Gasteiger partial charge in [0.25, 0.3) is 0 Å². The van der Waals surface area contributed by atoms with Crippen LogP contribution in [-0.2, 0) is 6.42 Å². The maximum absolute atomic E-state index is 6.45. The minimum atomic E-state index is -0.341. The minimum Gasteiger partial charge on any atom is -0.493 e. The average molecular weight is 415 g/mol. The summed E-state index contributed by atoms with van der Waals surface area (Å²) in [5.41, 5.74) is 5.72. The number of methoxy groups -OCH3 is 2. The Morgan fingerprint density at radius 2 is 1.74 bits per heavy atom. The first-order chi connectivity index (χ1) is 15.2. The van der Waals surface area contributed by atoms with Crippen LogP contribution in [0.2, 0.25) is 0 Å². The third-order valence-corrected chi connectivity index (χ3v) is 6.09. The normalized spacial score (nSPS) is 19.2. The smallest absolute Gasteiger partial charge is 0.214 e. The van der Waals surface area contributed by atoms with Gasteiger partial charge in [0.2, 0.25) is 6.23 Å². The van der Waals surface area contributed by atoms with Crippen LogP contribution in [-0.4, -0.2) is 24.9 Å². The predicted octanol–water partition coefficient (Wildman–Crippen LogP) is 5.51. The van der Waals surface area contributed by atoms with E-state index in [2.05, 4.69) is 48.3 Å². The second-order valence-electron chi connectivity index (χ2n) is 7.82. The highest BCUT2D eigenvalue weighted by Gasteiger charge is 2.41. The lowest BCUT2D eigenvalue weighted by Crippen LogP contribution is -2.33. The molecule has 0 unspecified atom stereocenters. The second kappa shape index (κ2) is 7.99. The zero-order chi connectivity index (χ0) is 21.4. The van der Waals surface area contributed by atoms with Crippen molar-refractivity contribution in [1.82, 2.24) is 5.01 Å². The number of fused-ring (bicyclic) bond motifs is 3. The van der Waals surface area contributed by atoms with E-state index in [0.717, 1.165) is 35.4 Å². The number of para-hydroxylation sites is 1. The van der Waals surface area contributed by atoms with Crippen LogP contribution in [0.25, 0.3) is 0 Å². The number of benzene rings is 3. The number of nitrogens with zero attached hydrogens (tertiary/aromatic N) is 2. The van der Waals surface area contributed by atoms with E-state index in [1.165, 1.54) is 11.1 Å². The molecule has 2 heterocycles. The van der Waals surface area contributed by atoms with Crippen molar-refractivity contribution in [3.8, 4) is 17.2 Å². The highest BCUT2D eigenvalue weighted by atomic mass is 16.5. The van der Waals surface area contributed by atoms with Crippen molar-refractivity contribution in [1.29, 1.82) is 0 Å². The first-order valence-corrected chi connectivity index (χ1v) is 10.6. The number of hydrogen-bond acceptors (Lipinski definition) is 5. The summed E-state index contributed by atoms with van der Waals surface area (Å²) < 4.78 is 17.4. The molecule has 3 aromatic rings. The maximum atomic E-state index is 6.45. The molecule has 0 saturated heterocycles. The topological polar surface area (TPSA) is 43.3 Å². The van der Waals surface area contributed by atoms with Crippen molar-refractivity contribution < 1.29 is 14.2 Å². The Morgan fingerprint density at radius 1 is 0.968 bits per heavy atom. The predicted molar refractivity (Wildman–Crippen MR) is 121 cm³/mol. The monoisotopic (exact) mass is 414 g/mol. The van der Waals surface area contributed by atoms with Crippen LogP contribution in [0.1, 0.15) is 47.9 Å². The molecule has 158 valence electrons. The van der Waals surface area contributed by atoms with Crippen molar-refractivity contribution >= 4 is 5.71 Å². The van der Waals surface area contributed by atoms with E-state index in [9.17, 15) is 0 Å². The van der Waals surface area contributed by atoms with Crippen molar-refractivity contribution in [2.24, 2.45) is 5.10 Å².